The standard InChI is InChI=1S/C5H6BrN5S/c6-3-1-8-4(9-2-3)10-5(12)11-7/h1-2H,7H2,(H2,8,9,10,11,12). The number of nitrogens with two attached hydrogens (primary N) is 1. The fourth-order valence-corrected chi connectivity index (χ4v) is 0.810. The molecule has 0 fully saturated rings. The van der Waals surface area contributed by atoms with Crippen molar-refractivity contribution in [1.82, 2.24) is 15.4 Å². The summed E-state index contributed by atoms with van der Waals surface area (Å²) in [6.45, 7) is 0. The van der Waals surface area contributed by atoms with E-state index in [9.17, 15) is 0 Å². The van der Waals surface area contributed by atoms with Crippen molar-refractivity contribution in [2.45, 2.75) is 0 Å². The Morgan fingerprint density at radius 3 is 2.58 bits per heavy atom. The number of aromatic nitrogens is 2. The van der Waals surface area contributed by atoms with E-state index in [1.165, 1.54) is 0 Å². The van der Waals surface area contributed by atoms with Gasteiger partial charge in [-0.15, -0.1) is 0 Å². The predicted octanol–water partition coefficient (Wildman–Crippen LogP) is 0.399. The molecule has 0 amide bonds. The Kier molecular flexibility index (Phi) is 3.32. The minimum absolute atomic E-state index is 0.275. The van der Waals surface area contributed by atoms with Gasteiger partial charge in [0, 0.05) is 12.4 Å². The van der Waals surface area contributed by atoms with Gasteiger partial charge in [0.15, 0.2) is 5.11 Å². The summed E-state index contributed by atoms with van der Waals surface area (Å²) in [6, 6.07) is 0. The first-order valence-corrected chi connectivity index (χ1v) is 4.17. The van der Waals surface area contributed by atoms with E-state index in [-0.39, 0.29) is 5.11 Å². The zero-order chi connectivity index (χ0) is 8.97. The van der Waals surface area contributed by atoms with Gasteiger partial charge in [0.1, 0.15) is 0 Å². The lowest BCUT2D eigenvalue weighted by molar-refractivity contribution is 1.03. The molecule has 64 valence electrons. The molecule has 0 bridgehead atoms. The Labute approximate surface area is 82.9 Å². The molecule has 1 aromatic rings. The lowest BCUT2D eigenvalue weighted by Crippen LogP contribution is -2.34. The zero-order valence-corrected chi connectivity index (χ0v) is 8.32. The van der Waals surface area contributed by atoms with Gasteiger partial charge < -0.3 is 10.7 Å². The summed E-state index contributed by atoms with van der Waals surface area (Å²) in [4.78, 5) is 7.83. The highest BCUT2D eigenvalue weighted by molar-refractivity contribution is 9.10. The molecular weight excluding hydrogens is 242 g/mol. The van der Waals surface area contributed by atoms with Crippen LogP contribution in [0.3, 0.4) is 0 Å². The molecule has 0 atom stereocenters. The number of hydrazine groups is 1. The van der Waals surface area contributed by atoms with Crippen molar-refractivity contribution < 1.29 is 0 Å². The third-order valence-corrected chi connectivity index (χ3v) is 1.61. The van der Waals surface area contributed by atoms with Crippen LogP contribution in [0.1, 0.15) is 0 Å². The summed E-state index contributed by atoms with van der Waals surface area (Å²) in [7, 11) is 0. The van der Waals surface area contributed by atoms with Gasteiger partial charge in [-0.3, -0.25) is 0 Å². The zero-order valence-electron chi connectivity index (χ0n) is 5.91. The molecule has 5 nitrogen and oxygen atoms in total. The molecule has 0 aliphatic rings. The number of halogens is 1. The third kappa shape index (κ3) is 2.68. The van der Waals surface area contributed by atoms with Crippen LogP contribution in [-0.2, 0) is 0 Å². The smallest absolute Gasteiger partial charge is 0.228 e. The second-order valence-electron chi connectivity index (χ2n) is 1.82. The molecule has 0 aliphatic carbocycles. The summed E-state index contributed by atoms with van der Waals surface area (Å²) in [5.41, 5.74) is 2.26. The molecule has 0 saturated carbocycles. The molecule has 1 heterocycles. The van der Waals surface area contributed by atoms with Gasteiger partial charge in [0.25, 0.3) is 0 Å². The number of anilines is 1. The fourth-order valence-electron chi connectivity index (χ4n) is 0.514. The molecule has 0 radical (unpaired) electrons. The largest absolute Gasteiger partial charge is 0.301 e. The van der Waals surface area contributed by atoms with Crippen molar-refractivity contribution in [1.29, 1.82) is 0 Å². The van der Waals surface area contributed by atoms with Crippen LogP contribution in [0.25, 0.3) is 0 Å². The van der Waals surface area contributed by atoms with E-state index < -0.39 is 0 Å². The molecule has 0 saturated heterocycles. The number of nitrogens with zero attached hydrogens (tertiary/aromatic N) is 2. The molecule has 1 rings (SSSR count). The van der Waals surface area contributed by atoms with Gasteiger partial charge in [-0.05, 0) is 28.1 Å². The predicted molar refractivity (Wildman–Crippen MR) is 53.3 cm³/mol. The first-order valence-electron chi connectivity index (χ1n) is 2.97. The normalized spacial score (nSPS) is 9.17. The number of rotatable bonds is 1. The third-order valence-electron chi connectivity index (χ3n) is 0.977. The van der Waals surface area contributed by atoms with Crippen LogP contribution >= 0.6 is 28.1 Å². The first kappa shape index (κ1) is 9.30. The van der Waals surface area contributed by atoms with E-state index in [0.29, 0.717) is 5.95 Å². The Hall–Kier alpha value is -0.790. The Bertz CT molecular complexity index is 274. The Balaban J connectivity index is 2.64. The van der Waals surface area contributed by atoms with Gasteiger partial charge in [-0.1, -0.05) is 0 Å². The number of hydrogen-bond acceptors (Lipinski definition) is 4. The number of nitrogens with one attached hydrogen (secondary N) is 2. The van der Waals surface area contributed by atoms with Gasteiger partial charge >= 0.3 is 0 Å². The van der Waals surface area contributed by atoms with Gasteiger partial charge in [-0.2, -0.15) is 0 Å². The van der Waals surface area contributed by atoms with Crippen molar-refractivity contribution in [2.24, 2.45) is 5.84 Å². The first-order chi connectivity index (χ1) is 5.72. The monoisotopic (exact) mass is 247 g/mol. The molecule has 12 heavy (non-hydrogen) atoms. The van der Waals surface area contributed by atoms with Crippen LogP contribution in [0.4, 0.5) is 5.95 Å². The minimum Gasteiger partial charge on any atom is -0.301 e. The van der Waals surface area contributed by atoms with Gasteiger partial charge in [-0.25, -0.2) is 15.8 Å². The topological polar surface area (TPSA) is 75.9 Å². The average molecular weight is 248 g/mol. The van der Waals surface area contributed by atoms with Crippen LogP contribution in [0.2, 0.25) is 0 Å². The van der Waals surface area contributed by atoms with E-state index in [4.69, 9.17) is 18.1 Å². The molecule has 1 aromatic heterocycles. The lowest BCUT2D eigenvalue weighted by atomic mass is 10.7. The molecule has 0 aliphatic heterocycles. The minimum atomic E-state index is 0.275. The van der Waals surface area contributed by atoms with Crippen molar-refractivity contribution in [2.75, 3.05) is 5.32 Å². The second-order valence-corrected chi connectivity index (χ2v) is 3.15. The summed E-state index contributed by atoms with van der Waals surface area (Å²) in [6.07, 6.45) is 3.21. The molecule has 0 aromatic carbocycles. The maximum absolute atomic E-state index is 5.03. The summed E-state index contributed by atoms with van der Waals surface area (Å²) >= 11 is 7.93. The van der Waals surface area contributed by atoms with Crippen molar-refractivity contribution >= 4 is 39.2 Å². The summed E-state index contributed by atoms with van der Waals surface area (Å²) < 4.78 is 0.805. The number of thiocarbonyl (C=S) groups is 1. The number of hydrogen-bond donors (Lipinski definition) is 3. The summed E-state index contributed by atoms with van der Waals surface area (Å²) in [5, 5.41) is 2.95. The van der Waals surface area contributed by atoms with Crippen molar-refractivity contribution in [3.8, 4) is 0 Å². The maximum Gasteiger partial charge on any atom is 0.228 e. The highest BCUT2D eigenvalue weighted by atomic mass is 79.9. The molecule has 4 N–H and O–H groups in total. The van der Waals surface area contributed by atoms with E-state index >= 15 is 0 Å². The second kappa shape index (κ2) is 4.29. The quantitative estimate of drug-likeness (QED) is 0.379. The molecule has 7 heteroatoms. The Morgan fingerprint density at radius 1 is 1.50 bits per heavy atom. The van der Waals surface area contributed by atoms with Crippen LogP contribution < -0.4 is 16.6 Å². The fraction of sp³-hybridized carbons (Fsp3) is 0. The van der Waals surface area contributed by atoms with Gasteiger partial charge in [0.2, 0.25) is 5.95 Å². The van der Waals surface area contributed by atoms with E-state index in [0.717, 1.165) is 4.47 Å². The van der Waals surface area contributed by atoms with E-state index in [2.05, 4.69) is 36.6 Å². The van der Waals surface area contributed by atoms with Gasteiger partial charge in [0.05, 0.1) is 4.47 Å². The maximum atomic E-state index is 5.03. The van der Waals surface area contributed by atoms with Crippen LogP contribution in [0, 0.1) is 0 Å². The highest BCUT2D eigenvalue weighted by Gasteiger charge is 1.96. The van der Waals surface area contributed by atoms with Crippen molar-refractivity contribution in [3.63, 3.8) is 0 Å². The average Bonchev–Trinajstić information content (AvgIpc) is 2.09. The summed E-state index contributed by atoms with van der Waals surface area (Å²) in [5.74, 6) is 5.44. The lowest BCUT2D eigenvalue weighted by Gasteiger charge is -2.03. The van der Waals surface area contributed by atoms with Crippen LogP contribution in [0.15, 0.2) is 16.9 Å². The highest BCUT2D eigenvalue weighted by Crippen LogP contribution is 2.06. The SMILES string of the molecule is NNC(=S)Nc1ncc(Br)cn1. The van der Waals surface area contributed by atoms with E-state index in [1.54, 1.807) is 12.4 Å². The molecule has 0 unspecified atom stereocenters. The van der Waals surface area contributed by atoms with Crippen molar-refractivity contribution in [3.05, 3.63) is 16.9 Å². The van der Waals surface area contributed by atoms with Crippen LogP contribution in [0.5, 0.6) is 0 Å². The molecular formula is C5H6BrN5S. The van der Waals surface area contributed by atoms with E-state index in [1.807, 2.05) is 0 Å². The molecule has 0 spiro atoms. The van der Waals surface area contributed by atoms with Crippen LogP contribution in [-0.4, -0.2) is 15.1 Å². The Morgan fingerprint density at radius 2 is 2.08 bits per heavy atom.